The van der Waals surface area contributed by atoms with Crippen molar-refractivity contribution in [2.24, 2.45) is 0 Å². The number of hydrogen-bond donors (Lipinski definition) is 2. The van der Waals surface area contributed by atoms with Crippen molar-refractivity contribution in [2.45, 2.75) is 32.9 Å². The van der Waals surface area contributed by atoms with Crippen LogP contribution in [0.1, 0.15) is 26.5 Å². The molecule has 112 valence electrons. The summed E-state index contributed by atoms with van der Waals surface area (Å²) in [5, 5.41) is 5.85. The van der Waals surface area contributed by atoms with Gasteiger partial charge >= 0.3 is 0 Å². The molecule has 2 N–H and O–H groups in total. The van der Waals surface area contributed by atoms with E-state index in [4.69, 9.17) is 0 Å². The highest BCUT2D eigenvalue weighted by Gasteiger charge is 2.13. The first-order valence-corrected chi connectivity index (χ1v) is 6.84. The highest BCUT2D eigenvalue weighted by molar-refractivity contribution is 5.78. The second-order valence-corrected chi connectivity index (χ2v) is 5.92. The number of hydrogen-bond acceptors (Lipinski definition) is 4. The minimum atomic E-state index is -0.251. The lowest BCUT2D eigenvalue weighted by Gasteiger charge is -2.20. The number of fused-ring (bicyclic) bond motifs is 1. The van der Waals surface area contributed by atoms with Crippen LogP contribution in [-0.2, 0) is 11.3 Å². The van der Waals surface area contributed by atoms with Crippen molar-refractivity contribution in [3.63, 3.8) is 0 Å². The highest BCUT2D eigenvalue weighted by Crippen LogP contribution is 1.99. The zero-order chi connectivity index (χ0) is 15.5. The summed E-state index contributed by atoms with van der Waals surface area (Å²) in [5.74, 6) is -0.0833. The fourth-order valence-corrected chi connectivity index (χ4v) is 1.96. The smallest absolute Gasteiger partial charge is 0.258 e. The van der Waals surface area contributed by atoms with Crippen LogP contribution >= 0.6 is 0 Å². The van der Waals surface area contributed by atoms with Gasteiger partial charge in [0.25, 0.3) is 5.56 Å². The van der Waals surface area contributed by atoms with Crippen molar-refractivity contribution in [1.82, 2.24) is 20.0 Å². The van der Waals surface area contributed by atoms with Gasteiger partial charge in [-0.25, -0.2) is 4.98 Å². The van der Waals surface area contributed by atoms with E-state index in [0.717, 1.165) is 0 Å². The third kappa shape index (κ3) is 4.39. The molecule has 2 aromatic heterocycles. The summed E-state index contributed by atoms with van der Waals surface area (Å²) in [6.45, 7) is 6.34. The first kappa shape index (κ1) is 15.2. The third-order valence-corrected chi connectivity index (χ3v) is 2.73. The third-order valence-electron chi connectivity index (χ3n) is 2.73. The zero-order valence-corrected chi connectivity index (χ0v) is 12.5. The maximum absolute atomic E-state index is 11.9. The summed E-state index contributed by atoms with van der Waals surface area (Å²) in [6.07, 6.45) is 1.68. The lowest BCUT2D eigenvalue weighted by Crippen LogP contribution is -2.44. The van der Waals surface area contributed by atoms with E-state index in [1.54, 1.807) is 18.3 Å². The Morgan fingerprint density at radius 2 is 2.10 bits per heavy atom. The van der Waals surface area contributed by atoms with Crippen LogP contribution in [0.4, 0.5) is 0 Å². The van der Waals surface area contributed by atoms with Crippen LogP contribution < -0.4 is 16.2 Å². The van der Waals surface area contributed by atoms with Crippen molar-refractivity contribution >= 4 is 11.6 Å². The van der Waals surface area contributed by atoms with Gasteiger partial charge < -0.3 is 10.6 Å². The second-order valence-electron chi connectivity index (χ2n) is 5.92. The Labute approximate surface area is 123 Å². The Morgan fingerprint density at radius 1 is 1.33 bits per heavy atom. The SMILES string of the molecule is CC(C)(C)NC(=O)CNCc1cc(=O)n2ccccc2n1. The molecule has 0 aliphatic carbocycles. The quantitative estimate of drug-likeness (QED) is 0.868. The molecule has 6 heteroatoms. The molecule has 1 amide bonds. The van der Waals surface area contributed by atoms with E-state index >= 15 is 0 Å². The molecule has 0 saturated carbocycles. The predicted molar refractivity (Wildman–Crippen MR) is 81.1 cm³/mol. The van der Waals surface area contributed by atoms with Crippen molar-refractivity contribution in [3.8, 4) is 0 Å². The van der Waals surface area contributed by atoms with Gasteiger partial charge in [0, 0.05) is 24.3 Å². The van der Waals surface area contributed by atoms with Crippen molar-refractivity contribution < 1.29 is 4.79 Å². The molecule has 0 radical (unpaired) electrons. The Hall–Kier alpha value is -2.21. The van der Waals surface area contributed by atoms with Crippen LogP contribution in [0.3, 0.4) is 0 Å². The first-order valence-electron chi connectivity index (χ1n) is 6.84. The van der Waals surface area contributed by atoms with E-state index in [1.807, 2.05) is 26.8 Å². The van der Waals surface area contributed by atoms with Gasteiger partial charge in [0.2, 0.25) is 5.91 Å². The van der Waals surface area contributed by atoms with Crippen LogP contribution in [0.5, 0.6) is 0 Å². The molecular formula is C15H20N4O2. The van der Waals surface area contributed by atoms with Gasteiger partial charge in [-0.05, 0) is 32.9 Å². The number of pyridine rings is 1. The number of amides is 1. The van der Waals surface area contributed by atoms with Gasteiger partial charge in [0.1, 0.15) is 5.65 Å². The van der Waals surface area contributed by atoms with Crippen LogP contribution in [0.15, 0.2) is 35.3 Å². The van der Waals surface area contributed by atoms with E-state index in [2.05, 4.69) is 15.6 Å². The topological polar surface area (TPSA) is 75.5 Å². The van der Waals surface area contributed by atoms with Crippen molar-refractivity contribution in [1.29, 1.82) is 0 Å². The van der Waals surface area contributed by atoms with Gasteiger partial charge in [0.15, 0.2) is 0 Å². The lowest BCUT2D eigenvalue weighted by molar-refractivity contribution is -0.121. The van der Waals surface area contributed by atoms with Gasteiger partial charge in [-0.2, -0.15) is 0 Å². The van der Waals surface area contributed by atoms with Crippen molar-refractivity contribution in [3.05, 3.63) is 46.5 Å². The van der Waals surface area contributed by atoms with Crippen LogP contribution in [0.2, 0.25) is 0 Å². The lowest BCUT2D eigenvalue weighted by atomic mass is 10.1. The summed E-state index contributed by atoms with van der Waals surface area (Å²) in [7, 11) is 0. The summed E-state index contributed by atoms with van der Waals surface area (Å²) in [4.78, 5) is 27.9. The summed E-state index contributed by atoms with van der Waals surface area (Å²) < 4.78 is 1.48. The molecule has 6 nitrogen and oxygen atoms in total. The normalized spacial score (nSPS) is 11.6. The number of nitrogens with one attached hydrogen (secondary N) is 2. The minimum absolute atomic E-state index is 0.0833. The molecule has 0 spiro atoms. The molecule has 0 fully saturated rings. The number of carbonyl (C=O) groups excluding carboxylic acids is 1. The summed E-state index contributed by atoms with van der Waals surface area (Å²) in [5.41, 5.74) is 0.839. The molecule has 0 aromatic carbocycles. The van der Waals surface area contributed by atoms with Gasteiger partial charge in [0.05, 0.1) is 12.2 Å². The van der Waals surface area contributed by atoms with Crippen LogP contribution in [0.25, 0.3) is 5.65 Å². The maximum Gasteiger partial charge on any atom is 0.258 e. The molecular weight excluding hydrogens is 268 g/mol. The average molecular weight is 288 g/mol. The second kappa shape index (κ2) is 6.05. The molecule has 2 aromatic rings. The van der Waals surface area contributed by atoms with Crippen LogP contribution in [0, 0.1) is 0 Å². The number of rotatable bonds is 4. The molecule has 2 heterocycles. The highest BCUT2D eigenvalue weighted by atomic mass is 16.2. The minimum Gasteiger partial charge on any atom is -0.350 e. The number of carbonyl (C=O) groups is 1. The first-order chi connectivity index (χ1) is 9.85. The Balaban J connectivity index is 1.98. The zero-order valence-electron chi connectivity index (χ0n) is 12.5. The molecule has 0 unspecified atom stereocenters. The number of aromatic nitrogens is 2. The monoisotopic (exact) mass is 288 g/mol. The molecule has 0 atom stereocenters. The van der Waals surface area contributed by atoms with E-state index in [9.17, 15) is 9.59 Å². The van der Waals surface area contributed by atoms with Crippen LogP contribution in [-0.4, -0.2) is 27.4 Å². The Morgan fingerprint density at radius 3 is 2.81 bits per heavy atom. The summed E-state index contributed by atoms with van der Waals surface area (Å²) >= 11 is 0. The summed E-state index contributed by atoms with van der Waals surface area (Å²) in [6, 6.07) is 6.86. The standard InChI is InChI=1S/C15H20N4O2/c1-15(2,3)18-13(20)10-16-9-11-8-14(21)19-7-5-4-6-12(19)17-11/h4-8,16H,9-10H2,1-3H3,(H,18,20). The van der Waals surface area contributed by atoms with Gasteiger partial charge in [-0.1, -0.05) is 6.07 Å². The Bertz CT molecular complexity index is 701. The molecule has 0 saturated heterocycles. The number of nitrogens with zero attached hydrogens (tertiary/aromatic N) is 2. The van der Waals surface area contributed by atoms with Crippen molar-refractivity contribution in [2.75, 3.05) is 6.54 Å². The molecule has 21 heavy (non-hydrogen) atoms. The average Bonchev–Trinajstić information content (AvgIpc) is 2.36. The fourth-order valence-electron chi connectivity index (χ4n) is 1.96. The molecule has 0 aliphatic heterocycles. The molecule has 0 aliphatic rings. The van der Waals surface area contributed by atoms with E-state index < -0.39 is 0 Å². The van der Waals surface area contributed by atoms with Gasteiger partial charge in [-0.15, -0.1) is 0 Å². The van der Waals surface area contributed by atoms with Gasteiger partial charge in [-0.3, -0.25) is 14.0 Å². The molecule has 0 bridgehead atoms. The predicted octanol–water partition coefficient (Wildman–Crippen LogP) is 0.699. The van der Waals surface area contributed by atoms with E-state index in [1.165, 1.54) is 10.5 Å². The van der Waals surface area contributed by atoms with E-state index in [0.29, 0.717) is 17.9 Å². The molecule has 2 rings (SSSR count). The Kier molecular flexibility index (Phi) is 4.37. The fraction of sp³-hybridized carbons (Fsp3) is 0.400. The van der Waals surface area contributed by atoms with E-state index in [-0.39, 0.29) is 23.6 Å². The largest absolute Gasteiger partial charge is 0.350 e. The maximum atomic E-state index is 11.9.